The largest absolute Gasteiger partial charge is 0.473 e. The predicted molar refractivity (Wildman–Crippen MR) is 107 cm³/mol. The van der Waals surface area contributed by atoms with Crippen LogP contribution >= 0.6 is 0 Å². The first kappa shape index (κ1) is 21.1. The molecule has 146 valence electrons. The summed E-state index contributed by atoms with van der Waals surface area (Å²) in [6.07, 6.45) is 0.834. The van der Waals surface area contributed by atoms with E-state index >= 15 is 0 Å². The number of hydrogen-bond acceptors (Lipinski definition) is 5. The maximum absolute atomic E-state index is 6.68. The van der Waals surface area contributed by atoms with Crippen LogP contribution in [-0.4, -0.2) is 54.2 Å². The van der Waals surface area contributed by atoms with Gasteiger partial charge in [-0.2, -0.15) is 0 Å². The molecule has 2 aliphatic heterocycles. The van der Waals surface area contributed by atoms with Gasteiger partial charge in [-0.1, -0.05) is 41.5 Å². The van der Waals surface area contributed by atoms with Gasteiger partial charge < -0.3 is 18.3 Å². The highest BCUT2D eigenvalue weighted by molar-refractivity contribution is 6.74. The molecule has 1 fully saturated rings. The van der Waals surface area contributed by atoms with Crippen molar-refractivity contribution in [3.63, 3.8) is 0 Å². The SMILES string of the molecule is CC(C)(C)[Si](C)(C)OC[C@H]1O[C@@H]2N=CO[C@@H]2[C@@H]1O[Si](C)(C)C(C)(C)C. The van der Waals surface area contributed by atoms with Crippen LogP contribution in [0.15, 0.2) is 4.99 Å². The fourth-order valence-corrected chi connectivity index (χ4v) is 4.77. The molecule has 4 atom stereocenters. The van der Waals surface area contributed by atoms with Crippen LogP contribution in [0.25, 0.3) is 0 Å². The minimum absolute atomic E-state index is 0.127. The molecule has 0 aromatic heterocycles. The van der Waals surface area contributed by atoms with Crippen molar-refractivity contribution < 1.29 is 18.3 Å². The van der Waals surface area contributed by atoms with Crippen molar-refractivity contribution in [3.05, 3.63) is 0 Å². The summed E-state index contributed by atoms with van der Waals surface area (Å²) in [5, 5.41) is 0.307. The summed E-state index contributed by atoms with van der Waals surface area (Å²) < 4.78 is 25.0. The first-order valence-corrected chi connectivity index (χ1v) is 15.1. The van der Waals surface area contributed by atoms with Gasteiger partial charge in [0.2, 0.25) is 0 Å². The molecule has 0 aromatic carbocycles. The van der Waals surface area contributed by atoms with Gasteiger partial charge in [0.1, 0.15) is 12.2 Å². The lowest BCUT2D eigenvalue weighted by molar-refractivity contribution is -0.0133. The minimum Gasteiger partial charge on any atom is -0.473 e. The smallest absolute Gasteiger partial charge is 0.192 e. The van der Waals surface area contributed by atoms with Gasteiger partial charge in [0.25, 0.3) is 0 Å². The molecule has 25 heavy (non-hydrogen) atoms. The van der Waals surface area contributed by atoms with Crippen LogP contribution in [0.4, 0.5) is 0 Å². The third kappa shape index (κ3) is 4.38. The van der Waals surface area contributed by atoms with E-state index in [1.54, 1.807) is 0 Å². The number of nitrogens with zero attached hydrogens (tertiary/aromatic N) is 1. The average Bonchev–Trinajstić information content (AvgIpc) is 2.96. The number of aliphatic imine (C=N–C) groups is 1. The number of ether oxygens (including phenoxy) is 2. The van der Waals surface area contributed by atoms with Gasteiger partial charge in [-0.15, -0.1) is 0 Å². The van der Waals surface area contributed by atoms with E-state index in [4.69, 9.17) is 18.3 Å². The summed E-state index contributed by atoms with van der Waals surface area (Å²) in [4.78, 5) is 4.31. The average molecular weight is 388 g/mol. The second-order valence-corrected chi connectivity index (χ2v) is 19.9. The van der Waals surface area contributed by atoms with Gasteiger partial charge >= 0.3 is 0 Å². The van der Waals surface area contributed by atoms with Gasteiger partial charge in [-0.3, -0.25) is 0 Å². The second kappa shape index (κ2) is 6.74. The Balaban J connectivity index is 2.12. The van der Waals surface area contributed by atoms with E-state index in [1.165, 1.54) is 6.40 Å². The Morgan fingerprint density at radius 1 is 0.960 bits per heavy atom. The molecular weight excluding hydrogens is 350 g/mol. The molecule has 0 N–H and O–H groups in total. The number of hydrogen-bond donors (Lipinski definition) is 0. The van der Waals surface area contributed by atoms with Crippen molar-refractivity contribution in [1.82, 2.24) is 0 Å². The fourth-order valence-electron chi connectivity index (χ4n) is 2.44. The zero-order chi connectivity index (χ0) is 19.3. The van der Waals surface area contributed by atoms with Gasteiger partial charge in [0.05, 0.1) is 6.61 Å². The normalized spacial score (nSPS) is 30.5. The fraction of sp³-hybridized carbons (Fsp3) is 0.944. The molecule has 0 aromatic rings. The van der Waals surface area contributed by atoms with Crippen molar-refractivity contribution in [2.24, 2.45) is 4.99 Å². The topological polar surface area (TPSA) is 49.3 Å². The Kier molecular flexibility index (Phi) is 5.69. The Morgan fingerprint density at radius 3 is 2.04 bits per heavy atom. The van der Waals surface area contributed by atoms with Crippen molar-refractivity contribution >= 4 is 23.0 Å². The highest BCUT2D eigenvalue weighted by Gasteiger charge is 2.53. The lowest BCUT2D eigenvalue weighted by Gasteiger charge is -2.41. The van der Waals surface area contributed by atoms with Crippen molar-refractivity contribution in [1.29, 1.82) is 0 Å². The van der Waals surface area contributed by atoms with Crippen LogP contribution in [0, 0.1) is 0 Å². The molecule has 0 aliphatic carbocycles. The summed E-state index contributed by atoms with van der Waals surface area (Å²) in [6, 6.07) is 0. The van der Waals surface area contributed by atoms with E-state index in [0.717, 1.165) is 0 Å². The molecule has 0 spiro atoms. The summed E-state index contributed by atoms with van der Waals surface area (Å²) >= 11 is 0. The molecule has 0 bridgehead atoms. The summed E-state index contributed by atoms with van der Waals surface area (Å²) in [5.41, 5.74) is 0. The Morgan fingerprint density at radius 2 is 1.52 bits per heavy atom. The van der Waals surface area contributed by atoms with E-state index in [9.17, 15) is 0 Å². The lowest BCUT2D eigenvalue weighted by Crippen LogP contribution is -2.51. The molecule has 7 heteroatoms. The van der Waals surface area contributed by atoms with Crippen molar-refractivity contribution in [2.75, 3.05) is 6.61 Å². The van der Waals surface area contributed by atoms with Crippen LogP contribution in [0.5, 0.6) is 0 Å². The van der Waals surface area contributed by atoms with E-state index in [2.05, 4.69) is 72.7 Å². The van der Waals surface area contributed by atoms with Gasteiger partial charge in [0, 0.05) is 0 Å². The third-order valence-electron chi connectivity index (χ3n) is 6.36. The van der Waals surface area contributed by atoms with Gasteiger partial charge in [0.15, 0.2) is 35.4 Å². The van der Waals surface area contributed by atoms with Crippen LogP contribution in [0.2, 0.25) is 36.3 Å². The van der Waals surface area contributed by atoms with Crippen molar-refractivity contribution in [2.45, 2.75) is 102 Å². The van der Waals surface area contributed by atoms with Gasteiger partial charge in [-0.25, -0.2) is 4.99 Å². The summed E-state index contributed by atoms with van der Waals surface area (Å²) in [7, 11) is -3.78. The molecule has 2 heterocycles. The number of fused-ring (bicyclic) bond motifs is 1. The Labute approximate surface area is 155 Å². The molecule has 0 unspecified atom stereocenters. The Bertz CT molecular complexity index is 508. The standard InChI is InChI=1S/C18H37NO4Si2/c1-17(2,3)24(7,8)21-11-13-14(15-16(22-13)19-12-20-15)23-25(9,10)18(4,5)6/h12-16H,11H2,1-10H3/t13-,14-,15-,16+/m1/s1. The van der Waals surface area contributed by atoms with E-state index in [-0.39, 0.29) is 34.6 Å². The third-order valence-corrected chi connectivity index (χ3v) is 15.3. The van der Waals surface area contributed by atoms with Gasteiger partial charge in [-0.05, 0) is 36.3 Å². The van der Waals surface area contributed by atoms with E-state index in [0.29, 0.717) is 6.61 Å². The quantitative estimate of drug-likeness (QED) is 0.649. The molecule has 0 radical (unpaired) electrons. The molecule has 2 rings (SSSR count). The summed E-state index contributed by atoms with van der Waals surface area (Å²) in [5.74, 6) is 0. The van der Waals surface area contributed by atoms with Crippen molar-refractivity contribution in [3.8, 4) is 0 Å². The molecule has 5 nitrogen and oxygen atoms in total. The molecule has 2 aliphatic rings. The first-order chi connectivity index (χ1) is 11.2. The summed E-state index contributed by atoms with van der Waals surface area (Å²) in [6.45, 7) is 23.1. The maximum atomic E-state index is 6.68. The van der Waals surface area contributed by atoms with Crippen LogP contribution in [-0.2, 0) is 18.3 Å². The van der Waals surface area contributed by atoms with Crippen LogP contribution in [0.1, 0.15) is 41.5 Å². The predicted octanol–water partition coefficient (Wildman–Crippen LogP) is 4.55. The zero-order valence-corrected chi connectivity index (χ0v) is 19.7. The highest BCUT2D eigenvalue weighted by Crippen LogP contribution is 2.42. The monoisotopic (exact) mass is 387 g/mol. The first-order valence-electron chi connectivity index (χ1n) is 9.30. The minimum atomic E-state index is -1.94. The van der Waals surface area contributed by atoms with E-state index in [1.807, 2.05) is 0 Å². The van der Waals surface area contributed by atoms with Crippen LogP contribution < -0.4 is 0 Å². The van der Waals surface area contributed by atoms with Crippen LogP contribution in [0.3, 0.4) is 0 Å². The second-order valence-electron chi connectivity index (χ2n) is 10.3. The molecule has 0 amide bonds. The molecule has 0 saturated carbocycles. The molecule has 1 saturated heterocycles. The van der Waals surface area contributed by atoms with E-state index < -0.39 is 16.6 Å². The number of rotatable bonds is 5. The zero-order valence-electron chi connectivity index (χ0n) is 17.7. The highest BCUT2D eigenvalue weighted by atomic mass is 28.4. The lowest BCUT2D eigenvalue weighted by atomic mass is 10.1. The molecular formula is C18H37NO4Si2. The Hall–Kier alpha value is -0.216. The maximum Gasteiger partial charge on any atom is 0.192 e.